The Morgan fingerprint density at radius 2 is 1.50 bits per heavy atom. The van der Waals surface area contributed by atoms with Crippen LogP contribution in [0.15, 0.2) is 12.7 Å². The molecule has 2 fully saturated rings. The fourth-order valence-corrected chi connectivity index (χ4v) is 4.51. The number of aliphatic carboxylic acids is 1. The van der Waals surface area contributed by atoms with Crippen LogP contribution in [0.5, 0.6) is 0 Å². The first-order valence-electron chi connectivity index (χ1n) is 7.51. The number of allylic oxidation sites excluding steroid dienone is 1. The van der Waals surface area contributed by atoms with Crippen LogP contribution in [0.4, 0.5) is 0 Å². The minimum absolute atomic E-state index is 0.000741. The van der Waals surface area contributed by atoms with Gasteiger partial charge in [-0.2, -0.15) is 0 Å². The van der Waals surface area contributed by atoms with Crippen LogP contribution in [-0.4, -0.2) is 11.1 Å². The van der Waals surface area contributed by atoms with Crippen molar-refractivity contribution in [3.8, 4) is 0 Å². The predicted molar refractivity (Wildman–Crippen MR) is 73.5 cm³/mol. The summed E-state index contributed by atoms with van der Waals surface area (Å²) in [6.45, 7) is 3.89. The smallest absolute Gasteiger partial charge is 0.310 e. The van der Waals surface area contributed by atoms with Crippen LogP contribution in [-0.2, 0) is 4.79 Å². The molecule has 0 amide bonds. The Labute approximate surface area is 110 Å². The summed E-state index contributed by atoms with van der Waals surface area (Å²) in [7, 11) is 0. The van der Waals surface area contributed by atoms with Crippen molar-refractivity contribution < 1.29 is 9.90 Å². The van der Waals surface area contributed by atoms with E-state index in [-0.39, 0.29) is 5.41 Å². The van der Waals surface area contributed by atoms with E-state index in [9.17, 15) is 9.90 Å². The number of carboxylic acids is 1. The molecule has 0 aliphatic heterocycles. The maximum Gasteiger partial charge on any atom is 0.310 e. The van der Waals surface area contributed by atoms with Crippen LogP contribution < -0.4 is 0 Å². The molecule has 0 saturated heterocycles. The highest BCUT2D eigenvalue weighted by Crippen LogP contribution is 2.58. The van der Waals surface area contributed by atoms with Crippen molar-refractivity contribution in [1.82, 2.24) is 0 Å². The largest absolute Gasteiger partial charge is 0.481 e. The molecule has 2 nitrogen and oxygen atoms in total. The molecule has 0 aromatic carbocycles. The quantitative estimate of drug-likeness (QED) is 0.743. The van der Waals surface area contributed by atoms with Crippen molar-refractivity contribution in [1.29, 1.82) is 0 Å². The van der Waals surface area contributed by atoms with Gasteiger partial charge < -0.3 is 5.11 Å². The van der Waals surface area contributed by atoms with Crippen LogP contribution in [0, 0.1) is 10.8 Å². The lowest BCUT2D eigenvalue weighted by Gasteiger charge is -2.52. The Balaban J connectivity index is 2.35. The highest BCUT2D eigenvalue weighted by molar-refractivity contribution is 5.76. The Bertz CT molecular complexity index is 307. The zero-order chi connectivity index (χ0) is 13.1. The molecular formula is C16H26O2. The van der Waals surface area contributed by atoms with Crippen LogP contribution >= 0.6 is 0 Å². The summed E-state index contributed by atoms with van der Waals surface area (Å²) in [5, 5.41) is 9.90. The highest BCUT2D eigenvalue weighted by Gasteiger charge is 2.55. The van der Waals surface area contributed by atoms with Gasteiger partial charge in [-0.25, -0.2) is 0 Å². The molecule has 2 aliphatic rings. The minimum Gasteiger partial charge on any atom is -0.481 e. The summed E-state index contributed by atoms with van der Waals surface area (Å²) in [5.74, 6) is -0.536. The standard InChI is InChI=1S/C16H26O2/c1-2-9-15(10-5-3-6-11-15)16(14(17)18)12-7-4-8-13-16/h2H,1,3-13H2,(H,17,18). The van der Waals surface area contributed by atoms with Crippen molar-refractivity contribution >= 4 is 5.97 Å². The van der Waals surface area contributed by atoms with E-state index in [1.54, 1.807) is 0 Å². The highest BCUT2D eigenvalue weighted by atomic mass is 16.4. The van der Waals surface area contributed by atoms with E-state index in [4.69, 9.17) is 0 Å². The second kappa shape index (κ2) is 5.46. The summed E-state index contributed by atoms with van der Waals surface area (Å²) >= 11 is 0. The number of rotatable bonds is 4. The van der Waals surface area contributed by atoms with E-state index in [0.29, 0.717) is 0 Å². The maximum absolute atomic E-state index is 12.0. The van der Waals surface area contributed by atoms with Crippen LogP contribution in [0.2, 0.25) is 0 Å². The van der Waals surface area contributed by atoms with Gasteiger partial charge in [-0.3, -0.25) is 4.79 Å². The molecule has 2 heteroatoms. The van der Waals surface area contributed by atoms with Gasteiger partial charge in [0.05, 0.1) is 5.41 Å². The molecule has 0 bridgehead atoms. The van der Waals surface area contributed by atoms with Gasteiger partial charge in [0.25, 0.3) is 0 Å². The van der Waals surface area contributed by atoms with Crippen molar-refractivity contribution in [2.75, 3.05) is 0 Å². The van der Waals surface area contributed by atoms with Gasteiger partial charge in [0, 0.05) is 0 Å². The van der Waals surface area contributed by atoms with Crippen LogP contribution in [0.1, 0.15) is 70.6 Å². The average Bonchev–Trinajstić information content (AvgIpc) is 2.40. The molecule has 2 rings (SSSR count). The lowest BCUT2D eigenvalue weighted by molar-refractivity contribution is -0.165. The predicted octanol–water partition coefficient (Wildman–Crippen LogP) is 4.55. The molecule has 0 heterocycles. The van der Waals surface area contributed by atoms with Crippen molar-refractivity contribution in [2.45, 2.75) is 70.6 Å². The van der Waals surface area contributed by atoms with Crippen LogP contribution in [0.3, 0.4) is 0 Å². The van der Waals surface area contributed by atoms with E-state index >= 15 is 0 Å². The summed E-state index contributed by atoms with van der Waals surface area (Å²) in [6, 6.07) is 0. The van der Waals surface area contributed by atoms with Gasteiger partial charge in [-0.05, 0) is 37.5 Å². The lowest BCUT2D eigenvalue weighted by Crippen LogP contribution is -2.50. The minimum atomic E-state index is -0.536. The number of carbonyl (C=O) groups is 1. The molecular weight excluding hydrogens is 224 g/mol. The third-order valence-corrected chi connectivity index (χ3v) is 5.48. The van der Waals surface area contributed by atoms with E-state index < -0.39 is 11.4 Å². The Kier molecular flexibility index (Phi) is 4.14. The maximum atomic E-state index is 12.0. The number of hydrogen-bond acceptors (Lipinski definition) is 1. The second-order valence-corrected chi connectivity index (χ2v) is 6.28. The molecule has 0 spiro atoms. The number of hydrogen-bond donors (Lipinski definition) is 1. The molecule has 2 saturated carbocycles. The first kappa shape index (κ1) is 13.6. The number of carboxylic acid groups (broad SMARTS) is 1. The van der Waals surface area contributed by atoms with Gasteiger partial charge in [-0.15, -0.1) is 6.58 Å². The zero-order valence-corrected chi connectivity index (χ0v) is 11.4. The zero-order valence-electron chi connectivity index (χ0n) is 11.4. The fourth-order valence-electron chi connectivity index (χ4n) is 4.51. The summed E-state index contributed by atoms with van der Waals surface area (Å²) in [5.41, 5.74) is -0.459. The van der Waals surface area contributed by atoms with Gasteiger partial charge in [0.2, 0.25) is 0 Å². The second-order valence-electron chi connectivity index (χ2n) is 6.28. The van der Waals surface area contributed by atoms with E-state index in [1.807, 2.05) is 6.08 Å². The van der Waals surface area contributed by atoms with Gasteiger partial charge in [0.15, 0.2) is 0 Å². The Morgan fingerprint density at radius 3 is 1.94 bits per heavy atom. The average molecular weight is 250 g/mol. The summed E-state index contributed by atoms with van der Waals surface area (Å²) in [6.07, 6.45) is 13.9. The van der Waals surface area contributed by atoms with Gasteiger partial charge in [-0.1, -0.05) is 44.6 Å². The molecule has 2 aliphatic carbocycles. The summed E-state index contributed by atoms with van der Waals surface area (Å²) in [4.78, 5) is 12.0. The summed E-state index contributed by atoms with van der Waals surface area (Å²) < 4.78 is 0. The molecule has 0 radical (unpaired) electrons. The third-order valence-electron chi connectivity index (χ3n) is 5.48. The van der Waals surface area contributed by atoms with Gasteiger partial charge >= 0.3 is 5.97 Å². The first-order chi connectivity index (χ1) is 8.67. The van der Waals surface area contributed by atoms with E-state index in [1.165, 1.54) is 25.7 Å². The van der Waals surface area contributed by atoms with Crippen molar-refractivity contribution in [3.63, 3.8) is 0 Å². The molecule has 0 unspecified atom stereocenters. The SMILES string of the molecule is C=CCC1(C2(C(=O)O)CCCCC2)CCCCC1. The third kappa shape index (κ3) is 2.10. The fraction of sp³-hybridized carbons (Fsp3) is 0.812. The van der Waals surface area contributed by atoms with Crippen LogP contribution in [0.25, 0.3) is 0 Å². The molecule has 102 valence electrons. The molecule has 18 heavy (non-hydrogen) atoms. The topological polar surface area (TPSA) is 37.3 Å². The van der Waals surface area contributed by atoms with Crippen molar-refractivity contribution in [3.05, 3.63) is 12.7 Å². The lowest BCUT2D eigenvalue weighted by atomic mass is 9.51. The Hall–Kier alpha value is -0.790. The van der Waals surface area contributed by atoms with E-state index in [0.717, 1.165) is 44.9 Å². The molecule has 0 aromatic rings. The Morgan fingerprint density at radius 1 is 1.00 bits per heavy atom. The molecule has 0 atom stereocenters. The molecule has 0 aromatic heterocycles. The molecule has 1 N–H and O–H groups in total. The van der Waals surface area contributed by atoms with E-state index in [2.05, 4.69) is 6.58 Å². The monoisotopic (exact) mass is 250 g/mol. The van der Waals surface area contributed by atoms with Crippen molar-refractivity contribution in [2.24, 2.45) is 10.8 Å². The van der Waals surface area contributed by atoms with Gasteiger partial charge in [0.1, 0.15) is 0 Å². The normalized spacial score (nSPS) is 26.4. The first-order valence-corrected chi connectivity index (χ1v) is 7.51.